The Hall–Kier alpha value is -0.580. The zero-order valence-electron chi connectivity index (χ0n) is 8.95. The zero-order valence-corrected chi connectivity index (χ0v) is 10.5. The zero-order chi connectivity index (χ0) is 10.5. The molecule has 4 nitrogen and oxygen atoms in total. The van der Waals surface area contributed by atoms with Crippen LogP contribution in [0.2, 0.25) is 5.28 Å². The van der Waals surface area contributed by atoms with Crippen molar-refractivity contribution in [2.75, 3.05) is 25.0 Å². The lowest BCUT2D eigenvalue weighted by molar-refractivity contribution is 0.392. The number of aromatic nitrogens is 2. The van der Waals surface area contributed by atoms with Crippen LogP contribution in [0, 0.1) is 5.92 Å². The Balaban J connectivity index is 0.00000128. The summed E-state index contributed by atoms with van der Waals surface area (Å²) in [7, 11) is 0. The van der Waals surface area contributed by atoms with Gasteiger partial charge in [-0.15, -0.1) is 12.4 Å². The first-order valence-electron chi connectivity index (χ1n) is 5.28. The number of hydrogen-bond donors (Lipinski definition) is 2. The third kappa shape index (κ3) is 4.12. The lowest BCUT2D eigenvalue weighted by Crippen LogP contribution is -2.33. The van der Waals surface area contributed by atoms with E-state index in [9.17, 15) is 0 Å². The summed E-state index contributed by atoms with van der Waals surface area (Å²) in [5.41, 5.74) is 0. The van der Waals surface area contributed by atoms with Gasteiger partial charge in [0.25, 0.3) is 0 Å². The van der Waals surface area contributed by atoms with E-state index in [1.165, 1.54) is 12.8 Å². The summed E-state index contributed by atoms with van der Waals surface area (Å²) in [4.78, 5) is 7.92. The van der Waals surface area contributed by atoms with Gasteiger partial charge in [-0.25, -0.2) is 9.97 Å². The van der Waals surface area contributed by atoms with Gasteiger partial charge in [0, 0.05) is 12.7 Å². The average molecular weight is 263 g/mol. The second-order valence-electron chi connectivity index (χ2n) is 3.80. The topological polar surface area (TPSA) is 49.8 Å². The van der Waals surface area contributed by atoms with Crippen LogP contribution in [0.1, 0.15) is 12.8 Å². The van der Waals surface area contributed by atoms with Crippen molar-refractivity contribution in [1.82, 2.24) is 15.3 Å². The van der Waals surface area contributed by atoms with Crippen molar-refractivity contribution in [1.29, 1.82) is 0 Å². The second-order valence-corrected chi connectivity index (χ2v) is 4.14. The quantitative estimate of drug-likeness (QED) is 0.818. The highest BCUT2D eigenvalue weighted by molar-refractivity contribution is 6.28. The molecule has 90 valence electrons. The van der Waals surface area contributed by atoms with E-state index in [4.69, 9.17) is 11.6 Å². The molecule has 0 radical (unpaired) electrons. The summed E-state index contributed by atoms with van der Waals surface area (Å²) in [6.07, 6.45) is 4.20. The van der Waals surface area contributed by atoms with Gasteiger partial charge in [0.2, 0.25) is 5.28 Å². The summed E-state index contributed by atoms with van der Waals surface area (Å²) < 4.78 is 0. The molecule has 0 spiro atoms. The first kappa shape index (κ1) is 13.5. The Bertz CT molecular complexity index is 315. The molecule has 2 rings (SSSR count). The number of nitrogens with one attached hydrogen (secondary N) is 2. The highest BCUT2D eigenvalue weighted by Crippen LogP contribution is 2.12. The van der Waals surface area contributed by atoms with Gasteiger partial charge in [0.05, 0.1) is 0 Å². The van der Waals surface area contributed by atoms with E-state index in [-0.39, 0.29) is 12.4 Å². The molecule has 1 saturated heterocycles. The maximum Gasteiger partial charge on any atom is 0.224 e. The van der Waals surface area contributed by atoms with Crippen LogP contribution in [0.15, 0.2) is 12.3 Å². The van der Waals surface area contributed by atoms with Gasteiger partial charge in [-0.1, -0.05) is 0 Å². The van der Waals surface area contributed by atoms with E-state index >= 15 is 0 Å². The molecule has 1 aromatic rings. The van der Waals surface area contributed by atoms with Crippen LogP contribution in [-0.2, 0) is 0 Å². The predicted molar refractivity (Wildman–Crippen MR) is 68.4 cm³/mol. The van der Waals surface area contributed by atoms with Crippen molar-refractivity contribution in [3.63, 3.8) is 0 Å². The molecule has 6 heteroatoms. The van der Waals surface area contributed by atoms with Crippen LogP contribution in [0.25, 0.3) is 0 Å². The Labute approximate surface area is 107 Å². The minimum atomic E-state index is 0. The molecular weight excluding hydrogens is 247 g/mol. The van der Waals surface area contributed by atoms with Crippen LogP contribution < -0.4 is 10.6 Å². The Morgan fingerprint density at radius 2 is 2.44 bits per heavy atom. The third-order valence-electron chi connectivity index (χ3n) is 2.60. The van der Waals surface area contributed by atoms with Crippen molar-refractivity contribution in [3.8, 4) is 0 Å². The molecule has 2 N–H and O–H groups in total. The molecule has 0 aromatic carbocycles. The van der Waals surface area contributed by atoms with Crippen LogP contribution in [-0.4, -0.2) is 29.6 Å². The van der Waals surface area contributed by atoms with E-state index in [1.54, 1.807) is 6.20 Å². The first-order valence-corrected chi connectivity index (χ1v) is 5.65. The first-order chi connectivity index (χ1) is 7.34. The molecule has 1 aliphatic rings. The summed E-state index contributed by atoms with van der Waals surface area (Å²) in [5, 5.41) is 6.96. The molecule has 0 amide bonds. The smallest absolute Gasteiger partial charge is 0.224 e. The Morgan fingerprint density at radius 3 is 3.12 bits per heavy atom. The molecule has 1 aromatic heterocycles. The van der Waals surface area contributed by atoms with Gasteiger partial charge in [-0.3, -0.25) is 0 Å². The normalized spacial score (nSPS) is 19.9. The lowest BCUT2D eigenvalue weighted by Gasteiger charge is -2.22. The predicted octanol–water partition coefficient (Wildman–Crippen LogP) is 1.96. The van der Waals surface area contributed by atoms with E-state index in [2.05, 4.69) is 20.6 Å². The van der Waals surface area contributed by atoms with Gasteiger partial charge in [-0.05, 0) is 49.5 Å². The molecule has 0 aliphatic carbocycles. The van der Waals surface area contributed by atoms with Gasteiger partial charge in [0.15, 0.2) is 0 Å². The maximum atomic E-state index is 5.69. The highest BCUT2D eigenvalue weighted by Gasteiger charge is 2.12. The van der Waals surface area contributed by atoms with Crippen molar-refractivity contribution >= 4 is 29.8 Å². The molecule has 1 unspecified atom stereocenters. The molecule has 1 aliphatic heterocycles. The molecule has 0 saturated carbocycles. The Morgan fingerprint density at radius 1 is 1.56 bits per heavy atom. The number of piperidine rings is 1. The lowest BCUT2D eigenvalue weighted by atomic mass is 10.00. The fourth-order valence-corrected chi connectivity index (χ4v) is 1.93. The monoisotopic (exact) mass is 262 g/mol. The van der Waals surface area contributed by atoms with E-state index < -0.39 is 0 Å². The van der Waals surface area contributed by atoms with E-state index in [0.717, 1.165) is 25.5 Å². The van der Waals surface area contributed by atoms with Crippen LogP contribution >= 0.6 is 24.0 Å². The van der Waals surface area contributed by atoms with Crippen LogP contribution in [0.4, 0.5) is 5.82 Å². The second kappa shape index (κ2) is 6.89. The molecule has 2 heterocycles. The van der Waals surface area contributed by atoms with E-state index in [0.29, 0.717) is 11.2 Å². The number of nitrogens with zero attached hydrogens (tertiary/aromatic N) is 2. The fourth-order valence-electron chi connectivity index (χ4n) is 1.78. The molecule has 1 fully saturated rings. The summed E-state index contributed by atoms with van der Waals surface area (Å²) in [6, 6.07) is 1.84. The minimum absolute atomic E-state index is 0. The highest BCUT2D eigenvalue weighted by atomic mass is 35.5. The number of halogens is 2. The van der Waals surface area contributed by atoms with Gasteiger partial charge < -0.3 is 10.6 Å². The standard InChI is InChI=1S/C10H15ClN4.ClH/c11-10-13-5-3-9(15-10)14-7-8-2-1-4-12-6-8;/h3,5,8,12H,1-2,4,6-7H2,(H,13,14,15);1H. The summed E-state index contributed by atoms with van der Waals surface area (Å²) >= 11 is 5.69. The molecule has 0 bridgehead atoms. The van der Waals surface area contributed by atoms with Crippen molar-refractivity contribution in [2.24, 2.45) is 5.92 Å². The van der Waals surface area contributed by atoms with E-state index in [1.807, 2.05) is 6.07 Å². The molecule has 16 heavy (non-hydrogen) atoms. The fraction of sp³-hybridized carbons (Fsp3) is 0.600. The number of anilines is 1. The van der Waals surface area contributed by atoms with Crippen molar-refractivity contribution < 1.29 is 0 Å². The summed E-state index contributed by atoms with van der Waals surface area (Å²) in [5.74, 6) is 1.49. The van der Waals surface area contributed by atoms with Gasteiger partial charge >= 0.3 is 0 Å². The van der Waals surface area contributed by atoms with Crippen molar-refractivity contribution in [2.45, 2.75) is 12.8 Å². The Kier molecular flexibility index (Phi) is 5.80. The minimum Gasteiger partial charge on any atom is -0.370 e. The van der Waals surface area contributed by atoms with Gasteiger partial charge in [0.1, 0.15) is 5.82 Å². The third-order valence-corrected chi connectivity index (χ3v) is 2.78. The molecular formula is C10H16Cl2N4. The largest absolute Gasteiger partial charge is 0.370 e. The molecule has 1 atom stereocenters. The number of hydrogen-bond acceptors (Lipinski definition) is 4. The van der Waals surface area contributed by atoms with Crippen molar-refractivity contribution in [3.05, 3.63) is 17.5 Å². The SMILES string of the molecule is Cl.Clc1nccc(NCC2CCCNC2)n1. The summed E-state index contributed by atoms with van der Waals surface area (Å²) in [6.45, 7) is 3.18. The maximum absolute atomic E-state index is 5.69. The average Bonchev–Trinajstić information content (AvgIpc) is 2.28. The van der Waals surface area contributed by atoms with Gasteiger partial charge in [-0.2, -0.15) is 0 Å². The van der Waals surface area contributed by atoms with Crippen LogP contribution in [0.3, 0.4) is 0 Å². The van der Waals surface area contributed by atoms with Crippen LogP contribution in [0.5, 0.6) is 0 Å². The number of rotatable bonds is 3.